The van der Waals surface area contributed by atoms with Gasteiger partial charge in [0.25, 0.3) is 0 Å². The molecule has 2 N–H and O–H groups in total. The van der Waals surface area contributed by atoms with Crippen LogP contribution in [0.25, 0.3) is 0 Å². The summed E-state index contributed by atoms with van der Waals surface area (Å²) in [4.78, 5) is 24.4. The number of aliphatic carboxylic acids is 1. The number of carboxylic acids is 1. The van der Waals surface area contributed by atoms with Crippen molar-refractivity contribution >= 4 is 11.9 Å². The number of halogens is 3. The molecule has 0 bridgehead atoms. The molecule has 1 amide bonds. The van der Waals surface area contributed by atoms with Gasteiger partial charge in [-0.3, -0.25) is 4.79 Å². The number of carbonyl (C=O) groups is 2. The van der Waals surface area contributed by atoms with Crippen molar-refractivity contribution in [3.8, 4) is 0 Å². The largest absolute Gasteiger partial charge is 0.480 e. The number of carbonyl (C=O) groups excluding carboxylic acids is 1. The van der Waals surface area contributed by atoms with Gasteiger partial charge in [0.05, 0.1) is 12.0 Å². The number of hydrogen-bond donors (Lipinski definition) is 2. The first-order chi connectivity index (χ1) is 9.71. The molecule has 4 atom stereocenters. The zero-order valence-electron chi connectivity index (χ0n) is 11.3. The Balaban J connectivity index is 2.18. The Morgan fingerprint density at radius 2 is 1.76 bits per heavy atom. The van der Waals surface area contributed by atoms with Crippen molar-refractivity contribution in [1.29, 1.82) is 0 Å². The minimum atomic E-state index is -4.46. The molecule has 1 heterocycles. The summed E-state index contributed by atoms with van der Waals surface area (Å²) in [5.74, 6) is -5.03. The highest BCUT2D eigenvalue weighted by molar-refractivity contribution is 5.86. The van der Waals surface area contributed by atoms with Gasteiger partial charge in [-0.2, -0.15) is 13.2 Å². The maximum absolute atomic E-state index is 13.0. The van der Waals surface area contributed by atoms with Crippen LogP contribution in [0, 0.1) is 11.8 Å². The van der Waals surface area contributed by atoms with E-state index in [1.54, 1.807) is 0 Å². The first-order valence-corrected chi connectivity index (χ1v) is 7.00. The van der Waals surface area contributed by atoms with E-state index in [9.17, 15) is 27.9 Å². The molecule has 0 aromatic carbocycles. The first-order valence-electron chi connectivity index (χ1n) is 7.00. The second kappa shape index (κ2) is 5.82. The molecule has 0 aromatic rings. The Labute approximate surface area is 119 Å². The van der Waals surface area contributed by atoms with E-state index >= 15 is 0 Å². The van der Waals surface area contributed by atoms with E-state index in [0.717, 1.165) is 4.90 Å². The van der Waals surface area contributed by atoms with E-state index in [2.05, 4.69) is 0 Å². The second-order valence-electron chi connectivity index (χ2n) is 5.77. The zero-order valence-corrected chi connectivity index (χ0v) is 11.3. The first kappa shape index (κ1) is 16.1. The Bertz CT molecular complexity index is 426. The van der Waals surface area contributed by atoms with Crippen LogP contribution in [0.4, 0.5) is 13.2 Å². The Morgan fingerprint density at radius 3 is 2.33 bits per heavy atom. The van der Waals surface area contributed by atoms with Crippen molar-refractivity contribution in [1.82, 2.24) is 4.90 Å². The van der Waals surface area contributed by atoms with Crippen LogP contribution < -0.4 is 0 Å². The standard InChI is InChI=1S/C13H18F3NO4/c14-13(15,16)9-4-2-1-3-8(9)11(19)17-6-7(18)5-10(17)12(20)21/h7-10,18H,1-6H2,(H,20,21)/t7-,8?,9?,10+/m1/s1. The molecule has 1 saturated carbocycles. The maximum atomic E-state index is 13.0. The van der Waals surface area contributed by atoms with E-state index in [-0.39, 0.29) is 25.8 Å². The normalized spacial score (nSPS) is 34.0. The summed E-state index contributed by atoms with van der Waals surface area (Å²) in [6, 6.07) is -1.23. The van der Waals surface area contributed by atoms with Gasteiger partial charge >= 0.3 is 12.1 Å². The highest BCUT2D eigenvalue weighted by atomic mass is 19.4. The van der Waals surface area contributed by atoms with Crippen LogP contribution >= 0.6 is 0 Å². The maximum Gasteiger partial charge on any atom is 0.392 e. The van der Waals surface area contributed by atoms with Gasteiger partial charge in [0.15, 0.2) is 0 Å². The summed E-state index contributed by atoms with van der Waals surface area (Å²) >= 11 is 0. The molecule has 0 spiro atoms. The zero-order chi connectivity index (χ0) is 15.8. The fourth-order valence-corrected chi connectivity index (χ4v) is 3.32. The lowest BCUT2D eigenvalue weighted by Crippen LogP contribution is -2.48. The summed E-state index contributed by atoms with van der Waals surface area (Å²) in [5.41, 5.74) is 0. The number of aliphatic hydroxyl groups is 1. The van der Waals surface area contributed by atoms with E-state index in [1.165, 1.54) is 0 Å². The summed E-state index contributed by atoms with van der Waals surface area (Å²) in [7, 11) is 0. The van der Waals surface area contributed by atoms with Gasteiger partial charge in [-0.05, 0) is 12.8 Å². The molecule has 21 heavy (non-hydrogen) atoms. The average Bonchev–Trinajstić information content (AvgIpc) is 2.79. The molecule has 2 aliphatic rings. The summed E-state index contributed by atoms with van der Waals surface area (Å²) in [5, 5.41) is 18.6. The lowest BCUT2D eigenvalue weighted by atomic mass is 9.78. The molecule has 1 aliphatic heterocycles. The van der Waals surface area contributed by atoms with E-state index in [1.807, 2.05) is 0 Å². The number of likely N-dealkylation sites (tertiary alicyclic amines) is 1. The smallest absolute Gasteiger partial charge is 0.392 e. The molecule has 2 unspecified atom stereocenters. The Kier molecular flexibility index (Phi) is 4.46. The quantitative estimate of drug-likeness (QED) is 0.808. The fourth-order valence-electron chi connectivity index (χ4n) is 3.32. The van der Waals surface area contributed by atoms with Crippen LogP contribution in [0.1, 0.15) is 32.1 Å². The van der Waals surface area contributed by atoms with Crippen molar-refractivity contribution in [2.24, 2.45) is 11.8 Å². The van der Waals surface area contributed by atoms with Gasteiger partial charge in [0.2, 0.25) is 5.91 Å². The third-order valence-corrected chi connectivity index (χ3v) is 4.35. The summed E-state index contributed by atoms with van der Waals surface area (Å²) in [6.45, 7) is -0.211. The van der Waals surface area contributed by atoms with Gasteiger partial charge in [-0.1, -0.05) is 12.8 Å². The van der Waals surface area contributed by atoms with Crippen LogP contribution in [-0.4, -0.2) is 51.9 Å². The van der Waals surface area contributed by atoms with E-state index in [0.29, 0.717) is 12.8 Å². The lowest BCUT2D eigenvalue weighted by molar-refractivity contribution is -0.201. The van der Waals surface area contributed by atoms with Crippen LogP contribution in [-0.2, 0) is 9.59 Å². The number of rotatable bonds is 2. The van der Waals surface area contributed by atoms with Crippen LogP contribution in [0.15, 0.2) is 0 Å². The Morgan fingerprint density at radius 1 is 1.14 bits per heavy atom. The predicted molar refractivity (Wildman–Crippen MR) is 65.3 cm³/mol. The third kappa shape index (κ3) is 3.30. The topological polar surface area (TPSA) is 77.8 Å². The predicted octanol–water partition coefficient (Wildman–Crippen LogP) is 1.40. The molecule has 2 rings (SSSR count). The minimum Gasteiger partial charge on any atom is -0.480 e. The molecular formula is C13H18F3NO4. The van der Waals surface area contributed by atoms with Crippen molar-refractivity contribution in [3.05, 3.63) is 0 Å². The molecular weight excluding hydrogens is 291 g/mol. The van der Waals surface area contributed by atoms with E-state index in [4.69, 9.17) is 5.11 Å². The van der Waals surface area contributed by atoms with Crippen molar-refractivity contribution in [2.45, 2.75) is 50.4 Å². The van der Waals surface area contributed by atoms with Gasteiger partial charge in [-0.15, -0.1) is 0 Å². The number of β-amino-alcohol motifs (C(OH)–C–C–N with tert-alkyl or cyclic N) is 1. The second-order valence-corrected chi connectivity index (χ2v) is 5.77. The van der Waals surface area contributed by atoms with Crippen LogP contribution in [0.5, 0.6) is 0 Å². The molecule has 1 aliphatic carbocycles. The summed E-state index contributed by atoms with van der Waals surface area (Å²) < 4.78 is 39.1. The number of amides is 1. The minimum absolute atomic E-state index is 0.103. The number of carboxylic acid groups (broad SMARTS) is 1. The number of nitrogens with zero attached hydrogens (tertiary/aromatic N) is 1. The SMILES string of the molecule is O=C(O)[C@@H]1C[C@@H](O)CN1C(=O)C1CCCCC1C(F)(F)F. The van der Waals surface area contributed by atoms with Crippen molar-refractivity contribution in [2.75, 3.05) is 6.54 Å². The Hall–Kier alpha value is -1.31. The summed E-state index contributed by atoms with van der Waals surface area (Å²) in [6.07, 6.45) is -4.64. The van der Waals surface area contributed by atoms with Gasteiger partial charge < -0.3 is 15.1 Å². The van der Waals surface area contributed by atoms with Crippen LogP contribution in [0.3, 0.4) is 0 Å². The van der Waals surface area contributed by atoms with Crippen LogP contribution in [0.2, 0.25) is 0 Å². The molecule has 5 nitrogen and oxygen atoms in total. The monoisotopic (exact) mass is 309 g/mol. The number of hydrogen-bond acceptors (Lipinski definition) is 3. The lowest BCUT2D eigenvalue weighted by Gasteiger charge is -2.35. The third-order valence-electron chi connectivity index (χ3n) is 4.35. The molecule has 2 fully saturated rings. The van der Waals surface area contributed by atoms with Crippen molar-refractivity contribution < 1.29 is 33.0 Å². The van der Waals surface area contributed by atoms with Gasteiger partial charge in [-0.25, -0.2) is 4.79 Å². The molecule has 1 saturated heterocycles. The van der Waals surface area contributed by atoms with Crippen molar-refractivity contribution in [3.63, 3.8) is 0 Å². The molecule has 0 radical (unpaired) electrons. The molecule has 0 aromatic heterocycles. The van der Waals surface area contributed by atoms with E-state index < -0.39 is 42.0 Å². The average molecular weight is 309 g/mol. The number of aliphatic hydroxyl groups excluding tert-OH is 1. The molecule has 8 heteroatoms. The highest BCUT2D eigenvalue weighted by Crippen LogP contribution is 2.42. The fraction of sp³-hybridized carbons (Fsp3) is 0.846. The molecule has 120 valence electrons. The van der Waals surface area contributed by atoms with Gasteiger partial charge in [0, 0.05) is 18.9 Å². The van der Waals surface area contributed by atoms with Gasteiger partial charge in [0.1, 0.15) is 6.04 Å². The highest BCUT2D eigenvalue weighted by Gasteiger charge is 2.51. The number of alkyl halides is 3.